The normalized spacial score (nSPS) is 11.5. The summed E-state index contributed by atoms with van der Waals surface area (Å²) in [6.45, 7) is -2.39. The Kier molecular flexibility index (Phi) is 7.72. The number of rotatable bonds is 10. The van der Waals surface area contributed by atoms with Crippen molar-refractivity contribution in [3.05, 3.63) is 71.8 Å². The predicted molar refractivity (Wildman–Crippen MR) is 117 cm³/mol. The molecule has 0 aromatic heterocycles. The number of sulfonamides is 1. The third-order valence-corrected chi connectivity index (χ3v) is 6.13. The summed E-state index contributed by atoms with van der Waals surface area (Å²) in [4.78, 5) is 24.3. The lowest BCUT2D eigenvalue weighted by atomic mass is 10.1. The molecule has 10 heteroatoms. The Morgan fingerprint density at radius 2 is 1.73 bits per heavy atom. The van der Waals surface area contributed by atoms with Gasteiger partial charge in [-0.1, -0.05) is 42.0 Å². The SMILES string of the molecule is Cc1ccc(OC(F)F)c(C(=O)COC(=O)CCNS(=O)(=O)c2ccc3ccccc3c2)c1. The van der Waals surface area contributed by atoms with Gasteiger partial charge in [0.05, 0.1) is 16.9 Å². The molecule has 3 aromatic rings. The van der Waals surface area contributed by atoms with Crippen molar-refractivity contribution >= 4 is 32.5 Å². The van der Waals surface area contributed by atoms with Gasteiger partial charge >= 0.3 is 12.6 Å². The van der Waals surface area contributed by atoms with E-state index in [-0.39, 0.29) is 29.2 Å². The van der Waals surface area contributed by atoms with Gasteiger partial charge in [0.15, 0.2) is 6.61 Å². The highest BCUT2D eigenvalue weighted by molar-refractivity contribution is 7.89. The van der Waals surface area contributed by atoms with Gasteiger partial charge in [-0.25, -0.2) is 13.1 Å². The number of hydrogen-bond donors (Lipinski definition) is 1. The second kappa shape index (κ2) is 10.5. The summed E-state index contributed by atoms with van der Waals surface area (Å²) in [5.74, 6) is -1.87. The van der Waals surface area contributed by atoms with Gasteiger partial charge in [0, 0.05) is 6.54 Å². The van der Waals surface area contributed by atoms with Gasteiger partial charge < -0.3 is 9.47 Å². The van der Waals surface area contributed by atoms with Gasteiger partial charge in [-0.15, -0.1) is 0 Å². The largest absolute Gasteiger partial charge is 0.457 e. The maximum Gasteiger partial charge on any atom is 0.387 e. The van der Waals surface area contributed by atoms with E-state index in [1.54, 1.807) is 25.1 Å². The number of ketones is 1. The van der Waals surface area contributed by atoms with E-state index in [9.17, 15) is 26.8 Å². The summed E-state index contributed by atoms with van der Waals surface area (Å²) in [5.41, 5.74) is 0.495. The van der Waals surface area contributed by atoms with Gasteiger partial charge in [-0.2, -0.15) is 8.78 Å². The van der Waals surface area contributed by atoms with Crippen molar-refractivity contribution in [2.45, 2.75) is 24.9 Å². The van der Waals surface area contributed by atoms with Crippen LogP contribution in [0.1, 0.15) is 22.3 Å². The first kappa shape index (κ1) is 24.3. The Morgan fingerprint density at radius 3 is 2.45 bits per heavy atom. The Balaban J connectivity index is 1.53. The molecule has 1 N–H and O–H groups in total. The standard InChI is InChI=1S/C23H21F2NO6S/c1-15-6-9-21(32-23(24)25)19(12-15)20(27)14-31-22(28)10-11-26-33(29,30)18-8-7-16-4-2-3-5-17(16)13-18/h2-9,12-13,23,26H,10-11,14H2,1H3. The van der Waals surface area contributed by atoms with Crippen LogP contribution in [0.15, 0.2) is 65.6 Å². The molecule has 0 bridgehead atoms. The Labute approximate surface area is 189 Å². The molecular formula is C23H21F2NO6S. The average Bonchev–Trinajstić information content (AvgIpc) is 2.78. The zero-order valence-corrected chi connectivity index (χ0v) is 18.4. The minimum absolute atomic E-state index is 0.0516. The number of ether oxygens (including phenoxy) is 2. The molecule has 0 radical (unpaired) electrons. The van der Waals surface area contributed by atoms with Crippen LogP contribution in [0.2, 0.25) is 0 Å². The third-order valence-electron chi connectivity index (χ3n) is 4.67. The molecule has 0 fully saturated rings. The minimum Gasteiger partial charge on any atom is -0.457 e. The Hall–Kier alpha value is -3.37. The van der Waals surface area contributed by atoms with Gasteiger partial charge in [0.2, 0.25) is 15.8 Å². The number of alkyl halides is 2. The zero-order valence-electron chi connectivity index (χ0n) is 17.6. The monoisotopic (exact) mass is 477 g/mol. The van der Waals surface area contributed by atoms with Crippen molar-refractivity contribution in [3.8, 4) is 5.75 Å². The molecule has 33 heavy (non-hydrogen) atoms. The third kappa shape index (κ3) is 6.56. The van der Waals surface area contributed by atoms with Crippen LogP contribution in [0.4, 0.5) is 8.78 Å². The number of carbonyl (C=O) groups is 2. The van der Waals surface area contributed by atoms with Crippen molar-refractivity contribution in [3.63, 3.8) is 0 Å². The number of halogens is 2. The molecule has 174 valence electrons. The molecule has 0 saturated carbocycles. The molecule has 0 saturated heterocycles. The Morgan fingerprint density at radius 1 is 1.00 bits per heavy atom. The zero-order chi connectivity index (χ0) is 24.0. The van der Waals surface area contributed by atoms with E-state index >= 15 is 0 Å². The summed E-state index contributed by atoms with van der Waals surface area (Å²) in [6, 6.07) is 16.0. The van der Waals surface area contributed by atoms with Crippen LogP contribution >= 0.6 is 0 Å². The summed E-state index contributed by atoms with van der Waals surface area (Å²) in [6.07, 6.45) is -0.325. The van der Waals surface area contributed by atoms with Crippen molar-refractivity contribution in [2.24, 2.45) is 0 Å². The van der Waals surface area contributed by atoms with Crippen LogP contribution < -0.4 is 9.46 Å². The smallest absolute Gasteiger partial charge is 0.387 e. The number of hydrogen-bond acceptors (Lipinski definition) is 6. The predicted octanol–water partition coefficient (Wildman–Crippen LogP) is 3.84. The van der Waals surface area contributed by atoms with Crippen LogP contribution in [-0.2, 0) is 19.6 Å². The van der Waals surface area contributed by atoms with Crippen LogP contribution in [0.5, 0.6) is 5.75 Å². The number of aryl methyl sites for hydroxylation is 1. The van der Waals surface area contributed by atoms with Crippen molar-refractivity contribution in [2.75, 3.05) is 13.2 Å². The molecule has 0 spiro atoms. The van der Waals surface area contributed by atoms with E-state index in [0.717, 1.165) is 10.8 Å². The molecule has 0 aliphatic rings. The number of Topliss-reactive ketones (excluding diaryl/α,β-unsaturated/α-hetero) is 1. The Bertz CT molecular complexity index is 1280. The second-order valence-electron chi connectivity index (χ2n) is 7.12. The highest BCUT2D eigenvalue weighted by Crippen LogP contribution is 2.23. The van der Waals surface area contributed by atoms with E-state index in [1.807, 2.05) is 12.1 Å². The molecule has 0 amide bonds. The van der Waals surface area contributed by atoms with Crippen molar-refractivity contribution in [1.82, 2.24) is 4.72 Å². The highest BCUT2D eigenvalue weighted by atomic mass is 32.2. The van der Waals surface area contributed by atoms with Gasteiger partial charge in [-0.05, 0) is 42.0 Å². The molecule has 0 heterocycles. The number of esters is 1. The van der Waals surface area contributed by atoms with E-state index < -0.39 is 35.0 Å². The molecule has 0 aliphatic heterocycles. The molecular weight excluding hydrogens is 456 g/mol. The van der Waals surface area contributed by atoms with Crippen molar-refractivity contribution in [1.29, 1.82) is 0 Å². The van der Waals surface area contributed by atoms with Gasteiger partial charge in [-0.3, -0.25) is 9.59 Å². The second-order valence-corrected chi connectivity index (χ2v) is 8.89. The molecule has 0 aliphatic carbocycles. The van der Waals surface area contributed by atoms with Crippen LogP contribution in [0.25, 0.3) is 10.8 Å². The summed E-state index contributed by atoms with van der Waals surface area (Å²) < 4.78 is 61.5. The van der Waals surface area contributed by atoms with E-state index in [2.05, 4.69) is 9.46 Å². The van der Waals surface area contributed by atoms with E-state index in [0.29, 0.717) is 5.56 Å². The van der Waals surface area contributed by atoms with E-state index in [4.69, 9.17) is 4.74 Å². The lowest BCUT2D eigenvalue weighted by Crippen LogP contribution is -2.27. The summed E-state index contributed by atoms with van der Waals surface area (Å²) in [5, 5.41) is 1.64. The molecule has 3 aromatic carbocycles. The maximum absolute atomic E-state index is 12.5. The number of benzene rings is 3. The quantitative estimate of drug-likeness (QED) is 0.352. The summed E-state index contributed by atoms with van der Waals surface area (Å²) >= 11 is 0. The van der Waals surface area contributed by atoms with Crippen molar-refractivity contribution < 1.29 is 36.3 Å². The lowest BCUT2D eigenvalue weighted by Gasteiger charge is -2.11. The lowest BCUT2D eigenvalue weighted by molar-refractivity contribution is -0.142. The highest BCUT2D eigenvalue weighted by Gasteiger charge is 2.19. The van der Waals surface area contributed by atoms with Crippen LogP contribution in [0, 0.1) is 6.92 Å². The maximum atomic E-state index is 12.5. The topological polar surface area (TPSA) is 98.8 Å². The number of carbonyl (C=O) groups excluding carboxylic acids is 2. The fourth-order valence-corrected chi connectivity index (χ4v) is 4.13. The van der Waals surface area contributed by atoms with Crippen LogP contribution in [-0.4, -0.2) is 39.9 Å². The molecule has 0 atom stereocenters. The fourth-order valence-electron chi connectivity index (χ4n) is 3.06. The molecule has 7 nitrogen and oxygen atoms in total. The average molecular weight is 477 g/mol. The first-order valence-corrected chi connectivity index (χ1v) is 11.4. The number of fused-ring (bicyclic) bond motifs is 1. The van der Waals surface area contributed by atoms with Crippen LogP contribution in [0.3, 0.4) is 0 Å². The summed E-state index contributed by atoms with van der Waals surface area (Å²) in [7, 11) is -3.86. The number of nitrogens with one attached hydrogen (secondary N) is 1. The van der Waals surface area contributed by atoms with E-state index in [1.165, 1.54) is 30.3 Å². The first-order chi connectivity index (χ1) is 15.7. The van der Waals surface area contributed by atoms with Gasteiger partial charge in [0.1, 0.15) is 5.75 Å². The van der Waals surface area contributed by atoms with Gasteiger partial charge in [0.25, 0.3) is 0 Å². The first-order valence-electron chi connectivity index (χ1n) is 9.88. The fraction of sp³-hybridized carbons (Fsp3) is 0.217. The minimum atomic E-state index is -3.86. The molecule has 3 rings (SSSR count). The molecule has 0 unspecified atom stereocenters.